The lowest BCUT2D eigenvalue weighted by Gasteiger charge is -2.39. The summed E-state index contributed by atoms with van der Waals surface area (Å²) in [5.74, 6) is -0.635. The Bertz CT molecular complexity index is 1400. The van der Waals surface area contributed by atoms with Crippen LogP contribution in [-0.4, -0.2) is 92.4 Å². The van der Waals surface area contributed by atoms with E-state index in [0.29, 0.717) is 48.1 Å². The molecule has 5 rings (SSSR count). The van der Waals surface area contributed by atoms with Gasteiger partial charge in [-0.15, -0.1) is 0 Å². The molecule has 0 spiro atoms. The van der Waals surface area contributed by atoms with Crippen LogP contribution in [0.4, 0.5) is 16.2 Å². The largest absolute Gasteiger partial charge is 0.477 e. The van der Waals surface area contributed by atoms with Gasteiger partial charge in [0.15, 0.2) is 6.04 Å². The van der Waals surface area contributed by atoms with Gasteiger partial charge in [-0.3, -0.25) is 10.1 Å². The highest BCUT2D eigenvalue weighted by molar-refractivity contribution is 6.31. The number of benzene rings is 2. The van der Waals surface area contributed by atoms with Gasteiger partial charge in [0.1, 0.15) is 0 Å². The number of hydrogen-bond donors (Lipinski definition) is 4. The minimum Gasteiger partial charge on any atom is -0.477 e. The van der Waals surface area contributed by atoms with E-state index >= 15 is 0 Å². The molecule has 0 radical (unpaired) electrons. The molecular weight excluding hydrogens is 604 g/mol. The van der Waals surface area contributed by atoms with Gasteiger partial charge in [0.25, 0.3) is 0 Å². The van der Waals surface area contributed by atoms with Gasteiger partial charge in [0, 0.05) is 50.2 Å². The van der Waals surface area contributed by atoms with Crippen LogP contribution in [0.5, 0.6) is 0 Å². The molecule has 2 aromatic carbocycles. The Morgan fingerprint density at radius 2 is 1.67 bits per heavy atom. The zero-order valence-electron chi connectivity index (χ0n) is 27.5. The molecule has 46 heavy (non-hydrogen) atoms. The molecule has 2 aliphatic carbocycles. The van der Waals surface area contributed by atoms with Gasteiger partial charge in [-0.25, -0.2) is 9.59 Å². The highest BCUT2D eigenvalue weighted by Crippen LogP contribution is 2.44. The van der Waals surface area contributed by atoms with Gasteiger partial charge < -0.3 is 30.0 Å². The zero-order chi connectivity index (χ0) is 32.9. The summed E-state index contributed by atoms with van der Waals surface area (Å²) in [5.41, 5.74) is 3.75. The molecule has 2 aromatic rings. The van der Waals surface area contributed by atoms with E-state index in [4.69, 9.17) is 11.6 Å². The summed E-state index contributed by atoms with van der Waals surface area (Å²) < 4.78 is 0.378. The van der Waals surface area contributed by atoms with E-state index < -0.39 is 17.6 Å². The number of anilines is 2. The van der Waals surface area contributed by atoms with Crippen molar-refractivity contribution in [3.8, 4) is 0 Å². The number of nitrogens with one attached hydrogen (secondary N) is 3. The number of rotatable bonds is 16. The first-order valence-electron chi connectivity index (χ1n) is 16.7. The first-order chi connectivity index (χ1) is 22.0. The van der Waals surface area contributed by atoms with E-state index in [1.165, 1.54) is 18.5 Å². The molecule has 2 fully saturated rings. The third kappa shape index (κ3) is 8.52. The number of para-hydroxylation sites is 2. The summed E-state index contributed by atoms with van der Waals surface area (Å²) in [6.45, 7) is 3.15. The van der Waals surface area contributed by atoms with Crippen molar-refractivity contribution in [2.24, 2.45) is 0 Å². The molecule has 250 valence electrons. The number of fused-ring (bicyclic) bond motifs is 1. The van der Waals surface area contributed by atoms with Crippen molar-refractivity contribution in [1.82, 2.24) is 16.0 Å². The monoisotopic (exact) mass is 653 g/mol. The molecule has 4 N–H and O–H groups in total. The van der Waals surface area contributed by atoms with Crippen molar-refractivity contribution in [3.63, 3.8) is 0 Å². The Labute approximate surface area is 278 Å². The molecule has 0 saturated heterocycles. The van der Waals surface area contributed by atoms with Gasteiger partial charge in [-0.05, 0) is 80.7 Å². The molecule has 11 heteroatoms. The molecule has 10 nitrogen and oxygen atoms in total. The van der Waals surface area contributed by atoms with Crippen LogP contribution in [0.1, 0.15) is 62.5 Å². The summed E-state index contributed by atoms with van der Waals surface area (Å²) in [7, 11) is 5.65. The Morgan fingerprint density at radius 1 is 0.978 bits per heavy atom. The molecular formula is C35H50ClN6O4+. The molecule has 0 bridgehead atoms. The number of carboxylic acid groups (broad SMARTS) is 1. The molecule has 1 heterocycles. The number of likely N-dealkylation sites (N-methyl/N-ethyl adjacent to an activating group) is 1. The van der Waals surface area contributed by atoms with Crippen LogP contribution in [-0.2, 0) is 22.6 Å². The minimum atomic E-state index is -0.788. The Morgan fingerprint density at radius 3 is 2.33 bits per heavy atom. The number of aliphatic carboxylic acids is 1. The van der Waals surface area contributed by atoms with Crippen LogP contribution >= 0.6 is 11.6 Å². The van der Waals surface area contributed by atoms with E-state index in [1.807, 2.05) is 44.2 Å². The van der Waals surface area contributed by atoms with E-state index in [1.54, 1.807) is 0 Å². The molecule has 3 aliphatic rings. The number of amides is 3. The average Bonchev–Trinajstić information content (AvgIpc) is 3.95. The Kier molecular flexibility index (Phi) is 10.8. The van der Waals surface area contributed by atoms with Crippen LogP contribution in [0.15, 0.2) is 42.5 Å². The van der Waals surface area contributed by atoms with Crippen LogP contribution < -0.4 is 25.8 Å². The summed E-state index contributed by atoms with van der Waals surface area (Å²) in [6.07, 6.45) is 7.72. The van der Waals surface area contributed by atoms with Gasteiger partial charge in [0.2, 0.25) is 5.91 Å². The normalized spacial score (nSPS) is 17.7. The fraction of sp³-hybridized carbons (Fsp3) is 0.571. The smallest absolute Gasteiger partial charge is 0.362 e. The second kappa shape index (κ2) is 14.6. The second-order valence-electron chi connectivity index (χ2n) is 14.0. The zero-order valence-corrected chi connectivity index (χ0v) is 28.2. The molecule has 0 unspecified atom stereocenters. The van der Waals surface area contributed by atoms with Crippen molar-refractivity contribution in [2.75, 3.05) is 57.1 Å². The van der Waals surface area contributed by atoms with Crippen LogP contribution in [0.2, 0.25) is 5.02 Å². The maximum atomic E-state index is 13.9. The lowest BCUT2D eigenvalue weighted by molar-refractivity contribution is -0.887. The predicted octanol–water partition coefficient (Wildman–Crippen LogP) is 4.54. The predicted molar refractivity (Wildman–Crippen MR) is 182 cm³/mol. The maximum Gasteiger partial charge on any atom is 0.362 e. The first-order valence-corrected chi connectivity index (χ1v) is 17.1. The van der Waals surface area contributed by atoms with Gasteiger partial charge in [-0.1, -0.05) is 35.9 Å². The number of hydrogen-bond acceptors (Lipinski definition) is 5. The van der Waals surface area contributed by atoms with E-state index in [9.17, 15) is 19.5 Å². The van der Waals surface area contributed by atoms with Gasteiger partial charge in [0.05, 0.1) is 38.1 Å². The Hall–Kier alpha value is -3.34. The maximum absolute atomic E-state index is 13.9. The van der Waals surface area contributed by atoms with E-state index in [-0.39, 0.29) is 11.9 Å². The minimum absolute atomic E-state index is 0.153. The second-order valence-corrected chi connectivity index (χ2v) is 14.4. The lowest BCUT2D eigenvalue weighted by Crippen LogP contribution is -2.53. The number of unbranched alkanes of at least 4 members (excludes halogenated alkanes) is 1. The lowest BCUT2D eigenvalue weighted by atomic mass is 10.1. The summed E-state index contributed by atoms with van der Waals surface area (Å²) >= 11 is 6.58. The highest BCUT2D eigenvalue weighted by Gasteiger charge is 2.52. The van der Waals surface area contributed by atoms with E-state index in [0.717, 1.165) is 61.9 Å². The topological polar surface area (TPSA) is 114 Å². The van der Waals surface area contributed by atoms with Crippen molar-refractivity contribution >= 4 is 40.9 Å². The molecule has 0 aromatic heterocycles. The Balaban J connectivity index is 1.04. The summed E-state index contributed by atoms with van der Waals surface area (Å²) in [4.78, 5) is 42.0. The van der Waals surface area contributed by atoms with Crippen molar-refractivity contribution in [1.29, 1.82) is 0 Å². The first kappa shape index (κ1) is 34.0. The number of quaternary nitrogens is 1. The van der Waals surface area contributed by atoms with Crippen molar-refractivity contribution < 1.29 is 24.0 Å². The fourth-order valence-corrected chi connectivity index (χ4v) is 6.64. The third-order valence-corrected chi connectivity index (χ3v) is 9.87. The number of aryl methyl sites for hydroxylation is 1. The number of nitrogens with zero attached hydrogens (tertiary/aromatic N) is 3. The number of carboxylic acids is 1. The van der Waals surface area contributed by atoms with Crippen molar-refractivity contribution in [2.45, 2.75) is 82.0 Å². The van der Waals surface area contributed by atoms with Gasteiger partial charge in [-0.2, -0.15) is 0 Å². The third-order valence-electron chi connectivity index (χ3n) is 9.50. The number of carbonyl (C=O) groups is 3. The van der Waals surface area contributed by atoms with E-state index in [2.05, 4.69) is 45.1 Å². The molecule has 1 atom stereocenters. The summed E-state index contributed by atoms with van der Waals surface area (Å²) in [6, 6.07) is 14.3. The van der Waals surface area contributed by atoms with Gasteiger partial charge >= 0.3 is 12.0 Å². The summed E-state index contributed by atoms with van der Waals surface area (Å²) in [5, 5.41) is 19.5. The average molecular weight is 654 g/mol. The van der Waals surface area contributed by atoms with Crippen LogP contribution in [0.3, 0.4) is 0 Å². The SMILES string of the molecule is C[N+](C)(C)[C@H](CCCCNC(=O)NCCCc1ccc(Cl)c(CNC2(C(=O)N3CCN(C4CC4)c4ccccc43)CC2)c1)C(=O)O. The fourth-order valence-electron chi connectivity index (χ4n) is 6.46. The molecule has 3 amide bonds. The quantitative estimate of drug-likeness (QED) is 0.156. The number of halogens is 1. The molecule has 1 aliphatic heterocycles. The standard InChI is InChI=1S/C35H49ClN6O4/c1-42(2,3)31(32(43)44)12-6-7-19-37-34(46)38-20-8-9-25-13-16-28(36)26(23-25)24-39-35(17-18-35)33(45)41-22-21-40(27-14-15-27)29-10-4-5-11-30(29)41/h4-5,10-11,13,16,23,27,31,39H,6-9,12,14-15,17-22,24H2,1-3H3,(H2-,37,38,43,44,46)/p+1/t31-/m1/s1. The van der Waals surface area contributed by atoms with Crippen molar-refractivity contribution in [3.05, 3.63) is 58.6 Å². The number of carbonyl (C=O) groups excluding carboxylic acids is 2. The van der Waals surface area contributed by atoms with Crippen LogP contribution in [0.25, 0.3) is 0 Å². The molecule has 2 saturated carbocycles. The van der Waals surface area contributed by atoms with Crippen LogP contribution in [0, 0.1) is 0 Å². The number of urea groups is 1. The highest BCUT2D eigenvalue weighted by atomic mass is 35.5.